The zero-order valence-corrected chi connectivity index (χ0v) is 15.7. The Morgan fingerprint density at radius 3 is 2.64 bits per heavy atom. The number of hydrogen-bond donors (Lipinski definition) is 3. The average molecular weight is 384 g/mol. The lowest BCUT2D eigenvalue weighted by Gasteiger charge is -2.39. The molecule has 5 nitrogen and oxygen atoms in total. The molecule has 148 valence electrons. The number of carbonyl (C=O) groups excluding carboxylic acids is 1. The number of anilines is 1. The first kappa shape index (κ1) is 19.1. The van der Waals surface area contributed by atoms with Crippen LogP contribution in [0.3, 0.4) is 0 Å². The molecule has 2 aliphatic heterocycles. The third kappa shape index (κ3) is 3.81. The van der Waals surface area contributed by atoms with Gasteiger partial charge in [0.15, 0.2) is 0 Å². The van der Waals surface area contributed by atoms with Gasteiger partial charge in [-0.15, -0.1) is 0 Å². The van der Waals surface area contributed by atoms with Crippen LogP contribution in [-0.4, -0.2) is 40.7 Å². The first-order valence-corrected chi connectivity index (χ1v) is 9.75. The van der Waals surface area contributed by atoms with Gasteiger partial charge in [0.25, 0.3) is 0 Å². The van der Waals surface area contributed by atoms with Crippen molar-refractivity contribution in [2.24, 2.45) is 0 Å². The van der Waals surface area contributed by atoms with Crippen molar-refractivity contribution in [2.75, 3.05) is 25.0 Å². The zero-order chi connectivity index (χ0) is 19.7. The van der Waals surface area contributed by atoms with Gasteiger partial charge < -0.3 is 20.4 Å². The minimum absolute atomic E-state index is 0.0245. The number of amides is 1. The monoisotopic (exact) mass is 384 g/mol. The Balaban J connectivity index is 1.38. The first-order valence-electron chi connectivity index (χ1n) is 9.75. The van der Waals surface area contributed by atoms with Gasteiger partial charge in [-0.25, -0.2) is 4.39 Å². The van der Waals surface area contributed by atoms with Crippen molar-refractivity contribution in [3.8, 4) is 0 Å². The molecule has 4 rings (SSSR count). The van der Waals surface area contributed by atoms with Gasteiger partial charge >= 0.3 is 0 Å². The van der Waals surface area contributed by atoms with Crippen molar-refractivity contribution in [2.45, 2.75) is 37.4 Å². The van der Waals surface area contributed by atoms with E-state index in [1.54, 1.807) is 18.2 Å². The van der Waals surface area contributed by atoms with E-state index in [0.29, 0.717) is 50.9 Å². The van der Waals surface area contributed by atoms with Gasteiger partial charge in [0.1, 0.15) is 5.82 Å². The summed E-state index contributed by atoms with van der Waals surface area (Å²) in [5.41, 5.74) is 1.89. The third-order valence-corrected chi connectivity index (χ3v) is 5.90. The van der Waals surface area contributed by atoms with Crippen molar-refractivity contribution in [1.29, 1.82) is 0 Å². The van der Waals surface area contributed by atoms with Crippen LogP contribution in [0.4, 0.5) is 10.1 Å². The summed E-state index contributed by atoms with van der Waals surface area (Å²) in [7, 11) is 0. The normalized spacial score (nSPS) is 20.3. The van der Waals surface area contributed by atoms with Crippen LogP contribution in [0, 0.1) is 5.82 Å². The number of carbonyl (C=O) groups is 1. The Kier molecular flexibility index (Phi) is 5.19. The molecule has 0 unspecified atom stereocenters. The molecular weight excluding hydrogens is 359 g/mol. The molecule has 2 aromatic carbocycles. The Hall–Kier alpha value is -2.28. The maximum absolute atomic E-state index is 14.1. The number of nitrogens with one attached hydrogen (secondary N) is 1. The number of piperidine rings is 1. The summed E-state index contributed by atoms with van der Waals surface area (Å²) in [4.78, 5) is 13.6. The standard InChI is InChI=1S/C22H25FN2O3/c23-18-4-2-1-3-17(18)22(28)9-11-25(12-10-22)14-20(26)16-5-7-19-15(13-16)6-8-21(27)24-19/h1-5,7,13,20,26,28H,6,8-12,14H2,(H,24,27)/t20-/m0/s1. The van der Waals surface area contributed by atoms with Crippen molar-refractivity contribution < 1.29 is 19.4 Å². The topological polar surface area (TPSA) is 72.8 Å². The lowest BCUT2D eigenvalue weighted by molar-refractivity contribution is -0.116. The smallest absolute Gasteiger partial charge is 0.224 e. The Labute approximate surface area is 163 Å². The van der Waals surface area contributed by atoms with Gasteiger partial charge in [-0.3, -0.25) is 4.79 Å². The first-order chi connectivity index (χ1) is 13.4. The van der Waals surface area contributed by atoms with Crippen LogP contribution in [-0.2, 0) is 16.8 Å². The molecule has 2 aliphatic rings. The molecule has 0 saturated carbocycles. The van der Waals surface area contributed by atoms with E-state index in [1.165, 1.54) is 6.07 Å². The van der Waals surface area contributed by atoms with E-state index in [-0.39, 0.29) is 11.7 Å². The van der Waals surface area contributed by atoms with E-state index in [2.05, 4.69) is 10.2 Å². The molecule has 0 spiro atoms. The summed E-state index contributed by atoms with van der Waals surface area (Å²) >= 11 is 0. The van der Waals surface area contributed by atoms with Crippen LogP contribution < -0.4 is 5.32 Å². The minimum Gasteiger partial charge on any atom is -0.387 e. The van der Waals surface area contributed by atoms with E-state index in [4.69, 9.17) is 0 Å². The van der Waals surface area contributed by atoms with Crippen molar-refractivity contribution >= 4 is 11.6 Å². The highest BCUT2D eigenvalue weighted by molar-refractivity contribution is 5.93. The van der Waals surface area contributed by atoms with Crippen LogP contribution in [0.25, 0.3) is 0 Å². The molecular formula is C22H25FN2O3. The number of halogens is 1. The summed E-state index contributed by atoms with van der Waals surface area (Å²) in [6, 6.07) is 12.0. The van der Waals surface area contributed by atoms with E-state index < -0.39 is 11.7 Å². The molecule has 0 bridgehead atoms. The fourth-order valence-electron chi connectivity index (χ4n) is 4.17. The maximum atomic E-state index is 14.1. The van der Waals surface area contributed by atoms with Gasteiger partial charge in [-0.1, -0.05) is 30.3 Å². The second kappa shape index (κ2) is 7.62. The highest BCUT2D eigenvalue weighted by atomic mass is 19.1. The number of β-amino-alcohol motifs (C(OH)–C–C–N with tert-alkyl or cyclic N) is 1. The molecule has 2 heterocycles. The number of benzene rings is 2. The number of aryl methyl sites for hydroxylation is 1. The number of fused-ring (bicyclic) bond motifs is 1. The molecule has 1 atom stereocenters. The number of aliphatic hydroxyl groups is 2. The summed E-state index contributed by atoms with van der Waals surface area (Å²) in [6.07, 6.45) is 1.35. The predicted molar refractivity (Wildman–Crippen MR) is 104 cm³/mol. The molecule has 1 fully saturated rings. The SMILES string of the molecule is O=C1CCc2cc([C@@H](O)CN3CCC(O)(c4ccccc4F)CC3)ccc2N1. The lowest BCUT2D eigenvalue weighted by Crippen LogP contribution is -2.44. The van der Waals surface area contributed by atoms with Crippen LogP contribution in [0.15, 0.2) is 42.5 Å². The minimum atomic E-state index is -1.16. The van der Waals surface area contributed by atoms with E-state index >= 15 is 0 Å². The summed E-state index contributed by atoms with van der Waals surface area (Å²) in [6.45, 7) is 1.63. The molecule has 3 N–H and O–H groups in total. The molecule has 0 radical (unpaired) electrons. The fraction of sp³-hybridized carbons (Fsp3) is 0.409. The van der Waals surface area contributed by atoms with Crippen molar-refractivity contribution in [3.05, 3.63) is 65.0 Å². The van der Waals surface area contributed by atoms with Gasteiger partial charge in [0, 0.05) is 37.3 Å². The van der Waals surface area contributed by atoms with Crippen LogP contribution in [0.2, 0.25) is 0 Å². The second-order valence-corrected chi connectivity index (χ2v) is 7.79. The van der Waals surface area contributed by atoms with Gasteiger partial charge in [0.05, 0.1) is 11.7 Å². The summed E-state index contributed by atoms with van der Waals surface area (Å²) in [5.74, 6) is -0.351. The zero-order valence-electron chi connectivity index (χ0n) is 15.7. The molecule has 0 aliphatic carbocycles. The number of hydrogen-bond acceptors (Lipinski definition) is 4. The van der Waals surface area contributed by atoms with Gasteiger partial charge in [0.2, 0.25) is 5.91 Å². The van der Waals surface area contributed by atoms with Gasteiger partial charge in [-0.2, -0.15) is 0 Å². The Morgan fingerprint density at radius 1 is 1.14 bits per heavy atom. The molecule has 6 heteroatoms. The molecule has 28 heavy (non-hydrogen) atoms. The predicted octanol–water partition coefficient (Wildman–Crippen LogP) is 2.73. The highest BCUT2D eigenvalue weighted by Gasteiger charge is 2.36. The van der Waals surface area contributed by atoms with Crippen LogP contribution >= 0.6 is 0 Å². The second-order valence-electron chi connectivity index (χ2n) is 7.79. The quantitative estimate of drug-likeness (QED) is 0.758. The number of nitrogens with zero attached hydrogens (tertiary/aromatic N) is 1. The molecule has 1 amide bonds. The van der Waals surface area contributed by atoms with Crippen molar-refractivity contribution in [1.82, 2.24) is 4.90 Å². The van der Waals surface area contributed by atoms with E-state index in [0.717, 1.165) is 16.8 Å². The number of rotatable bonds is 4. The van der Waals surface area contributed by atoms with E-state index in [1.807, 2.05) is 18.2 Å². The Bertz CT molecular complexity index is 878. The van der Waals surface area contributed by atoms with E-state index in [9.17, 15) is 19.4 Å². The number of aliphatic hydroxyl groups excluding tert-OH is 1. The van der Waals surface area contributed by atoms with Gasteiger partial charge in [-0.05, 0) is 42.5 Å². The highest BCUT2D eigenvalue weighted by Crippen LogP contribution is 2.35. The maximum Gasteiger partial charge on any atom is 0.224 e. The Morgan fingerprint density at radius 2 is 1.89 bits per heavy atom. The lowest BCUT2D eigenvalue weighted by atomic mass is 9.84. The van der Waals surface area contributed by atoms with Crippen molar-refractivity contribution in [3.63, 3.8) is 0 Å². The number of likely N-dealkylation sites (tertiary alicyclic amines) is 1. The molecule has 0 aromatic heterocycles. The molecule has 1 saturated heterocycles. The summed E-state index contributed by atoms with van der Waals surface area (Å²) in [5, 5.41) is 24.4. The molecule has 2 aromatic rings. The summed E-state index contributed by atoms with van der Waals surface area (Å²) < 4.78 is 14.1. The average Bonchev–Trinajstić information content (AvgIpc) is 2.69. The third-order valence-electron chi connectivity index (χ3n) is 5.90. The largest absolute Gasteiger partial charge is 0.387 e. The fourth-order valence-corrected chi connectivity index (χ4v) is 4.17. The van der Waals surface area contributed by atoms with Crippen LogP contribution in [0.1, 0.15) is 42.1 Å². The van der Waals surface area contributed by atoms with Crippen LogP contribution in [0.5, 0.6) is 0 Å².